The summed E-state index contributed by atoms with van der Waals surface area (Å²) in [5.74, 6) is 0. The fraction of sp³-hybridized carbons (Fsp3) is 1.00. The summed E-state index contributed by atoms with van der Waals surface area (Å²) in [7, 11) is -22.0. The van der Waals surface area contributed by atoms with Crippen molar-refractivity contribution in [1.82, 2.24) is 0 Å². The lowest BCUT2D eigenvalue weighted by atomic mass is 9.96. The van der Waals surface area contributed by atoms with Gasteiger partial charge in [0.25, 0.3) is 0 Å². The van der Waals surface area contributed by atoms with Gasteiger partial charge >= 0.3 is 41.6 Å². The van der Waals surface area contributed by atoms with Gasteiger partial charge in [0, 0.05) is 0 Å². The maximum Gasteiger partial charge on any atom is 0.397 e. The lowest BCUT2D eigenvalue weighted by Gasteiger charge is -2.49. The maximum atomic E-state index is 12.3. The molecule has 0 aliphatic carbocycles. The second kappa shape index (κ2) is 30.9. The van der Waals surface area contributed by atoms with Crippen LogP contribution in [0.3, 0.4) is 0 Å². The quantitative estimate of drug-likeness (QED) is 0.0358. The van der Waals surface area contributed by atoms with E-state index < -0.39 is 333 Å². The SMILES string of the molecule is O=S(=O)(O)O[C@@H]1[C@H](O[C@H]2O[C@@H]3CO[C@@H]([C@H]3O)[C@H]2O)[C@@H](O)[C@H](O[C@@H]2[C@@H]3OC[C@H]2O[C@H](O[C@@H]2[C@@H](O)[C@H](O[C@@H]4[C@@H]5OC[C@H]4O[C@H](O[C@@H]4[C@@H](O)[C@H](O[C@@H]6[C@@H]7OC[C@H]6O[C@H](O[C@H]6[C@@H](OS(=O)(=O)O)[C@@H](CO)OC(O)[C@@H]6O)[C@@H]7O)O[C@H](CO)[C@@H]4OS(=O)(=O)O)[C@@H]5O)O[C@H](CO)[C@@H]2OS(=O)(=O)O)[C@@H]3O)O[C@@H]1CO. The molecule has 12 fully saturated rings. The molecule has 0 amide bonds. The third kappa shape index (κ3) is 16.6. The highest BCUT2D eigenvalue weighted by molar-refractivity contribution is 7.81. The van der Waals surface area contributed by atoms with Crippen molar-refractivity contribution in [3.8, 4) is 0 Å². The van der Waals surface area contributed by atoms with Crippen molar-refractivity contribution in [2.24, 2.45) is 0 Å². The van der Waals surface area contributed by atoms with Crippen LogP contribution in [0.15, 0.2) is 0 Å². The van der Waals surface area contributed by atoms with Crippen LogP contribution in [0, 0.1) is 0 Å². The molecule has 0 aromatic carbocycles. The molecule has 101 heavy (non-hydrogen) atoms. The molecule has 53 heteroatoms. The van der Waals surface area contributed by atoms with E-state index >= 15 is 0 Å². The highest BCUT2D eigenvalue weighted by Gasteiger charge is 2.64. The Morgan fingerprint density at radius 3 is 0.772 bits per heavy atom. The van der Waals surface area contributed by atoms with Crippen molar-refractivity contribution < 1.29 is 230 Å². The predicted molar refractivity (Wildman–Crippen MR) is 293 cm³/mol. The van der Waals surface area contributed by atoms with Gasteiger partial charge in [-0.25, -0.2) is 16.7 Å². The molecule has 12 aliphatic rings. The smallest absolute Gasteiger partial charge is 0.394 e. The van der Waals surface area contributed by atoms with Gasteiger partial charge in [-0.15, -0.1) is 0 Å². The molecule has 40 atom stereocenters. The topological polar surface area (TPSA) is 713 Å². The van der Waals surface area contributed by atoms with Crippen molar-refractivity contribution in [2.75, 3.05) is 52.9 Å². The van der Waals surface area contributed by atoms with Crippen molar-refractivity contribution in [3.63, 3.8) is 0 Å². The van der Waals surface area contributed by atoms with Crippen LogP contribution in [0.4, 0.5) is 0 Å². The van der Waals surface area contributed by atoms with Crippen LogP contribution < -0.4 is 0 Å². The number of ether oxygens (including phenoxy) is 19. The lowest BCUT2D eigenvalue weighted by Crippen LogP contribution is -2.67. The third-order valence-electron chi connectivity index (χ3n) is 18.5. The molecule has 584 valence electrons. The average molecular weight is 1560 g/mol. The van der Waals surface area contributed by atoms with Crippen LogP contribution >= 0.6 is 0 Å². The van der Waals surface area contributed by atoms with Gasteiger partial charge < -0.3 is 161 Å². The van der Waals surface area contributed by atoms with E-state index in [1.165, 1.54) is 0 Å². The molecule has 8 bridgehead atoms. The second-order valence-electron chi connectivity index (χ2n) is 24.9. The molecule has 12 saturated heterocycles. The molecule has 49 nitrogen and oxygen atoms in total. The van der Waals surface area contributed by atoms with Gasteiger partial charge in [0.2, 0.25) is 0 Å². The minimum atomic E-state index is -5.59. The van der Waals surface area contributed by atoms with Gasteiger partial charge in [-0.05, 0) is 0 Å². The van der Waals surface area contributed by atoms with Crippen molar-refractivity contribution in [3.05, 3.63) is 0 Å². The molecule has 0 saturated carbocycles. The van der Waals surface area contributed by atoms with E-state index in [1.807, 2.05) is 0 Å². The molecule has 12 heterocycles. The summed E-state index contributed by atoms with van der Waals surface area (Å²) in [5, 5.41) is 154. The molecule has 0 radical (unpaired) electrons. The van der Waals surface area contributed by atoms with E-state index in [0.29, 0.717) is 0 Å². The van der Waals surface area contributed by atoms with Gasteiger partial charge in [0.05, 0.1) is 52.9 Å². The standard InChI is InChI=1S/C48H74O49S4/c49-1-9-29(94-98(63,64)65)37(18(54)41(62)79-9)90-43-20(56)34-26(14(84-43)6-76-34)87-47-24(60)39(31(11(3-51)81-47)96-100(69,70)71)92-45-22(58)36-28(16(86-45)8-78-36)89-48-25(61)40(32(12(4-52)82-48)97-101(72,73)74)93-44-21(57)35-27(15(85-44)7-77-35)88-46-23(59)38(30(10(2-50)80-46)95-99(66,67)68)91-42-19(55)33-17(53)13(83-42)5-75-33/h9-62H,1-8H2,(H,63,64,65)(H,66,67,68)(H,69,70,71)(H,72,73,74)/t9-,10-,11-,12-,13-,14-,15-,16-,17+,18-,19-,20-,21-,22-,23-,24-,25-,26+,27+,28+,29+,30+,31+,32+,33+,34-,35-,36-,37-,38-,39-,40-,41?,42-,43-,44-,45-,46+,47+,48+/m1/s1. The molecule has 12 aliphatic heterocycles. The minimum absolute atomic E-state index is 0.227. The van der Waals surface area contributed by atoms with Crippen molar-refractivity contribution in [2.45, 2.75) is 246 Å². The predicted octanol–water partition coefficient (Wildman–Crippen LogP) is -15.0. The Hall–Kier alpha value is -1.84. The molecule has 18 N–H and O–H groups in total. The van der Waals surface area contributed by atoms with Crippen molar-refractivity contribution in [1.29, 1.82) is 0 Å². The first-order chi connectivity index (χ1) is 47.5. The second-order valence-corrected chi connectivity index (χ2v) is 29.1. The van der Waals surface area contributed by atoms with Crippen molar-refractivity contribution >= 4 is 41.6 Å². The highest BCUT2D eigenvalue weighted by atomic mass is 32.3. The zero-order valence-corrected chi connectivity index (χ0v) is 54.4. The Labute approximate surface area is 568 Å². The molecule has 0 spiro atoms. The Balaban J connectivity index is 0.717. The number of fused-ring (bicyclic) bond motifs is 8. The number of aliphatic hydroxyl groups excluding tert-OH is 14. The van der Waals surface area contributed by atoms with Crippen LogP contribution in [0.2, 0.25) is 0 Å². The zero-order valence-electron chi connectivity index (χ0n) is 51.1. The van der Waals surface area contributed by atoms with Gasteiger partial charge in [0.1, 0.15) is 195 Å². The van der Waals surface area contributed by atoms with Gasteiger partial charge in [0.15, 0.2) is 50.3 Å². The summed E-state index contributed by atoms with van der Waals surface area (Å²) < 4.78 is 264. The molecule has 0 aromatic heterocycles. The largest absolute Gasteiger partial charge is 0.397 e. The first-order valence-electron chi connectivity index (χ1n) is 30.6. The first-order valence-corrected chi connectivity index (χ1v) is 36.1. The van der Waals surface area contributed by atoms with E-state index in [9.17, 15) is 123 Å². The minimum Gasteiger partial charge on any atom is -0.394 e. The Morgan fingerprint density at radius 2 is 0.485 bits per heavy atom. The van der Waals surface area contributed by atoms with Gasteiger partial charge in [-0.2, -0.15) is 33.7 Å². The number of hydrogen-bond acceptors (Lipinski definition) is 45. The fourth-order valence-corrected chi connectivity index (χ4v) is 16.0. The maximum absolute atomic E-state index is 12.3. The molecular weight excluding hydrogens is 1490 g/mol. The van der Waals surface area contributed by atoms with Gasteiger partial charge in [-0.1, -0.05) is 0 Å². The Kier molecular flexibility index (Phi) is 24.1. The summed E-state index contributed by atoms with van der Waals surface area (Å²) in [6.45, 7) is -6.37. The average Bonchev–Trinajstić information content (AvgIpc) is 1.73. The lowest BCUT2D eigenvalue weighted by molar-refractivity contribution is -0.381. The molecule has 0 aromatic rings. The molecule has 1 unspecified atom stereocenters. The summed E-state index contributed by atoms with van der Waals surface area (Å²) in [5.41, 5.74) is 0. The van der Waals surface area contributed by atoms with Crippen LogP contribution in [-0.4, -0.2) is 422 Å². The van der Waals surface area contributed by atoms with E-state index in [2.05, 4.69) is 4.18 Å². The summed E-state index contributed by atoms with van der Waals surface area (Å²) >= 11 is 0. The van der Waals surface area contributed by atoms with Crippen LogP contribution in [0.1, 0.15) is 0 Å². The summed E-state index contributed by atoms with van der Waals surface area (Å²) in [6.07, 6.45) is -76.2. The molecular formula is C48H74O49S4. The number of hydrogen-bond donors (Lipinski definition) is 18. The summed E-state index contributed by atoms with van der Waals surface area (Å²) in [6, 6.07) is 0. The van der Waals surface area contributed by atoms with E-state index in [-0.39, 0.29) is 6.61 Å². The van der Waals surface area contributed by atoms with Crippen LogP contribution in [0.5, 0.6) is 0 Å². The highest BCUT2D eigenvalue weighted by Crippen LogP contribution is 2.44. The normalized spacial score (nSPS) is 51.0. The number of rotatable bonds is 26. The Morgan fingerprint density at radius 1 is 0.257 bits per heavy atom. The molecule has 12 rings (SSSR count). The van der Waals surface area contributed by atoms with E-state index in [4.69, 9.17) is 103 Å². The number of aliphatic hydroxyl groups is 14. The van der Waals surface area contributed by atoms with E-state index in [1.54, 1.807) is 0 Å². The Bertz CT molecular complexity index is 3280. The zero-order chi connectivity index (χ0) is 73.0. The van der Waals surface area contributed by atoms with Gasteiger partial charge in [-0.3, -0.25) is 18.2 Å². The summed E-state index contributed by atoms with van der Waals surface area (Å²) in [4.78, 5) is 0. The van der Waals surface area contributed by atoms with Crippen LogP contribution in [0.25, 0.3) is 0 Å². The third-order valence-corrected chi connectivity index (χ3v) is 20.3. The fourth-order valence-electron chi connectivity index (χ4n) is 13.9. The first kappa shape index (κ1) is 78.7. The van der Waals surface area contributed by atoms with Crippen LogP contribution in [-0.2, 0) is 148 Å². The monoisotopic (exact) mass is 1560 g/mol. The van der Waals surface area contributed by atoms with E-state index in [0.717, 1.165) is 0 Å².